The van der Waals surface area contributed by atoms with Crippen molar-refractivity contribution < 1.29 is 18.5 Å². The van der Waals surface area contributed by atoms with Gasteiger partial charge in [0, 0.05) is 42.5 Å². The van der Waals surface area contributed by atoms with Crippen LogP contribution in [-0.4, -0.2) is 52.5 Å². The van der Waals surface area contributed by atoms with Gasteiger partial charge in [-0.3, -0.25) is 4.40 Å². The number of rotatable bonds is 6. The molecule has 4 heterocycles. The summed E-state index contributed by atoms with van der Waals surface area (Å²) in [7, 11) is -1.37. The summed E-state index contributed by atoms with van der Waals surface area (Å²) >= 11 is 1.51. The molecule has 0 radical (unpaired) electrons. The Morgan fingerprint density at radius 1 is 1.00 bits per heavy atom. The second-order valence-corrected chi connectivity index (χ2v) is 11.1. The Kier molecular flexibility index (Phi) is 7.56. The highest BCUT2D eigenvalue weighted by Crippen LogP contribution is 2.34. The first-order valence-corrected chi connectivity index (χ1v) is 13.8. The fraction of sp³-hybridized carbons (Fsp3) is 0.192. The van der Waals surface area contributed by atoms with E-state index in [0.29, 0.717) is 29.6 Å². The average molecular weight is 555 g/mol. The van der Waals surface area contributed by atoms with Crippen molar-refractivity contribution in [3.8, 4) is 22.6 Å². The quantitative estimate of drug-likeness (QED) is 0.331. The van der Waals surface area contributed by atoms with Gasteiger partial charge in [-0.25, -0.2) is 32.2 Å². The minimum Gasteiger partial charge on any atom is -0.412 e. The minimum absolute atomic E-state index is 0. The summed E-state index contributed by atoms with van der Waals surface area (Å²) in [4.78, 5) is 15.4. The van der Waals surface area contributed by atoms with Crippen LogP contribution in [0.4, 0.5) is 14.7 Å². The van der Waals surface area contributed by atoms with Gasteiger partial charge < -0.3 is 10.8 Å². The lowest BCUT2D eigenvalue weighted by Gasteiger charge is -2.32. The number of fused-ring (bicyclic) bond motifs is 1. The zero-order valence-electron chi connectivity index (χ0n) is 20.1. The fourth-order valence-electron chi connectivity index (χ4n) is 4.49. The van der Waals surface area contributed by atoms with Gasteiger partial charge in [-0.2, -0.15) is 0 Å². The highest BCUT2D eigenvalue weighted by Gasteiger charge is 2.26. The molecule has 8 nitrogen and oxygen atoms in total. The first kappa shape index (κ1) is 26.0. The van der Waals surface area contributed by atoms with Crippen LogP contribution in [0.1, 0.15) is 12.8 Å². The van der Waals surface area contributed by atoms with Crippen LogP contribution >= 0.6 is 11.3 Å². The molecule has 5 aromatic rings. The predicted molar refractivity (Wildman–Crippen MR) is 144 cm³/mol. The summed E-state index contributed by atoms with van der Waals surface area (Å²) in [6.07, 6.45) is 5.38. The molecule has 0 spiro atoms. The van der Waals surface area contributed by atoms with Crippen molar-refractivity contribution in [3.63, 3.8) is 0 Å². The van der Waals surface area contributed by atoms with Crippen molar-refractivity contribution in [2.45, 2.75) is 23.8 Å². The predicted octanol–water partition coefficient (Wildman–Crippen LogP) is 4.57. The first-order chi connectivity index (χ1) is 18.0. The largest absolute Gasteiger partial charge is 0.412 e. The van der Waals surface area contributed by atoms with E-state index in [4.69, 9.17) is 9.97 Å². The van der Waals surface area contributed by atoms with Crippen LogP contribution in [0.3, 0.4) is 0 Å². The van der Waals surface area contributed by atoms with Crippen LogP contribution in [0, 0.1) is 11.6 Å². The smallest absolute Gasteiger partial charge is 0.223 e. The highest BCUT2D eigenvalue weighted by molar-refractivity contribution is 7.82. The second-order valence-electron chi connectivity index (χ2n) is 8.71. The lowest BCUT2D eigenvalue weighted by atomic mass is 10.1. The Morgan fingerprint density at radius 3 is 2.50 bits per heavy atom. The Bertz CT molecular complexity index is 1570. The summed E-state index contributed by atoms with van der Waals surface area (Å²) in [6.45, 7) is 1.23. The molecule has 3 aromatic heterocycles. The van der Waals surface area contributed by atoms with E-state index in [0.717, 1.165) is 34.8 Å². The van der Waals surface area contributed by atoms with E-state index in [1.54, 1.807) is 30.5 Å². The zero-order valence-corrected chi connectivity index (χ0v) is 21.7. The standard InChI is InChI=1S/C26H22F2N6OS2.H2O/c27-18-5-3-17(4-6-18)23-24(34-14-15-36-26(34)32-23)22-11-12-29-25(31-22)30-20-2-1-13-33(16-20)37(35)21-9-7-19(28)8-10-21;/h3-12,14-15,20H,1-2,13,16H2,(H,29,30,31);1H2/t20-,37?;/m0./s1. The molecule has 38 heavy (non-hydrogen) atoms. The summed E-state index contributed by atoms with van der Waals surface area (Å²) in [6, 6.07) is 13.9. The van der Waals surface area contributed by atoms with Gasteiger partial charge in [0.05, 0.1) is 16.3 Å². The molecule has 2 atom stereocenters. The van der Waals surface area contributed by atoms with Crippen molar-refractivity contribution in [2.75, 3.05) is 18.4 Å². The lowest BCUT2D eigenvalue weighted by Crippen LogP contribution is -2.43. The molecule has 1 saturated heterocycles. The van der Waals surface area contributed by atoms with E-state index in [1.165, 1.54) is 35.6 Å². The molecule has 196 valence electrons. The van der Waals surface area contributed by atoms with Gasteiger partial charge >= 0.3 is 0 Å². The number of anilines is 1. The van der Waals surface area contributed by atoms with E-state index in [2.05, 4.69) is 10.3 Å². The molecular formula is C26H24F2N6O2S2. The molecule has 1 aliphatic rings. The van der Waals surface area contributed by atoms with Crippen molar-refractivity contribution in [2.24, 2.45) is 0 Å². The number of hydrogen-bond acceptors (Lipinski definition) is 6. The van der Waals surface area contributed by atoms with Gasteiger partial charge in [0.2, 0.25) is 5.95 Å². The lowest BCUT2D eigenvalue weighted by molar-refractivity contribution is 0.342. The molecule has 1 fully saturated rings. The third kappa shape index (κ3) is 5.20. The van der Waals surface area contributed by atoms with E-state index >= 15 is 0 Å². The van der Waals surface area contributed by atoms with Crippen molar-refractivity contribution >= 4 is 33.2 Å². The molecule has 12 heteroatoms. The van der Waals surface area contributed by atoms with Crippen molar-refractivity contribution in [1.29, 1.82) is 0 Å². The minimum atomic E-state index is -1.37. The molecule has 0 amide bonds. The molecule has 1 unspecified atom stereocenters. The van der Waals surface area contributed by atoms with Gasteiger partial charge in [0.15, 0.2) is 4.96 Å². The van der Waals surface area contributed by atoms with Crippen molar-refractivity contribution in [3.05, 3.63) is 84.0 Å². The van der Waals surface area contributed by atoms with E-state index in [9.17, 15) is 13.0 Å². The number of thiazole rings is 1. The summed E-state index contributed by atoms with van der Waals surface area (Å²) < 4.78 is 43.7. The van der Waals surface area contributed by atoms with Crippen LogP contribution in [0.5, 0.6) is 0 Å². The first-order valence-electron chi connectivity index (χ1n) is 11.8. The number of halogens is 2. The molecule has 6 rings (SSSR count). The van der Waals surface area contributed by atoms with Gasteiger partial charge in [0.1, 0.15) is 28.3 Å². The number of nitrogens with zero attached hydrogens (tertiary/aromatic N) is 5. The molecule has 1 aliphatic heterocycles. The normalized spacial score (nSPS) is 16.7. The Balaban J connectivity index is 0.00000294. The molecule has 0 saturated carbocycles. The summed E-state index contributed by atoms with van der Waals surface area (Å²) in [5.41, 5.74) is 3.00. The maximum atomic E-state index is 13.5. The number of imidazole rings is 1. The SMILES string of the molecule is O.O=S(c1ccc(F)cc1)N1CCC[C@H](Nc2nccc(-c3c(-c4ccc(F)cc4)nc4sccn34)n2)C1. The average Bonchev–Trinajstić information content (AvgIpc) is 3.51. The molecule has 2 aromatic carbocycles. The Hall–Kier alpha value is -3.58. The third-order valence-corrected chi connectivity index (χ3v) is 8.48. The fourth-order valence-corrected chi connectivity index (χ4v) is 6.48. The molecule has 0 aliphatic carbocycles. The highest BCUT2D eigenvalue weighted by atomic mass is 32.2. The molecule has 3 N–H and O–H groups in total. The third-order valence-electron chi connectivity index (χ3n) is 6.25. The van der Waals surface area contributed by atoms with E-state index in [-0.39, 0.29) is 23.2 Å². The van der Waals surface area contributed by atoms with Gasteiger partial charge in [0.25, 0.3) is 0 Å². The van der Waals surface area contributed by atoms with E-state index < -0.39 is 11.0 Å². The Labute approximate surface area is 223 Å². The van der Waals surface area contributed by atoms with Crippen LogP contribution in [0.15, 0.2) is 77.3 Å². The number of benzene rings is 2. The maximum Gasteiger partial charge on any atom is 0.223 e. The number of hydrogen-bond donors (Lipinski definition) is 1. The van der Waals surface area contributed by atoms with Crippen LogP contribution in [0.2, 0.25) is 0 Å². The topological polar surface area (TPSA) is 107 Å². The van der Waals surface area contributed by atoms with Gasteiger partial charge in [-0.15, -0.1) is 11.3 Å². The van der Waals surface area contributed by atoms with Crippen LogP contribution in [-0.2, 0) is 11.0 Å². The maximum absolute atomic E-state index is 13.5. The zero-order chi connectivity index (χ0) is 25.4. The molecular weight excluding hydrogens is 530 g/mol. The van der Waals surface area contributed by atoms with Gasteiger partial charge in [-0.1, -0.05) is 0 Å². The Morgan fingerprint density at radius 2 is 1.74 bits per heavy atom. The van der Waals surface area contributed by atoms with Gasteiger partial charge in [-0.05, 0) is 67.4 Å². The molecule has 0 bridgehead atoms. The van der Waals surface area contributed by atoms with Crippen LogP contribution < -0.4 is 5.32 Å². The summed E-state index contributed by atoms with van der Waals surface area (Å²) in [5.74, 6) is -0.189. The number of nitrogens with one attached hydrogen (secondary N) is 1. The van der Waals surface area contributed by atoms with E-state index in [1.807, 2.05) is 26.3 Å². The second kappa shape index (κ2) is 11.0. The van der Waals surface area contributed by atoms with Crippen molar-refractivity contribution in [1.82, 2.24) is 23.7 Å². The number of aromatic nitrogens is 4. The number of piperidine rings is 1. The summed E-state index contributed by atoms with van der Waals surface area (Å²) in [5, 5.41) is 5.36. The monoisotopic (exact) mass is 554 g/mol. The van der Waals surface area contributed by atoms with Crippen LogP contribution in [0.25, 0.3) is 27.6 Å².